The Morgan fingerprint density at radius 1 is 0.923 bits per heavy atom. The zero-order valence-corrected chi connectivity index (χ0v) is 23.3. The fraction of sp³-hybridized carbons (Fsp3) is 0.367. The Bertz CT molecular complexity index is 1220. The second-order valence-corrected chi connectivity index (χ2v) is 10.3. The first-order chi connectivity index (χ1) is 18.5. The lowest BCUT2D eigenvalue weighted by Gasteiger charge is -2.23. The van der Waals surface area contributed by atoms with Crippen LogP contribution in [0.15, 0.2) is 65.3 Å². The Labute approximate surface area is 230 Å². The molecule has 9 nitrogen and oxygen atoms in total. The Kier molecular flexibility index (Phi) is 10.0. The average molecular weight is 535 g/mol. The highest BCUT2D eigenvalue weighted by Gasteiger charge is 2.32. The fourth-order valence-electron chi connectivity index (χ4n) is 3.96. The lowest BCUT2D eigenvalue weighted by molar-refractivity contribution is -0.156. The zero-order chi connectivity index (χ0) is 28.6. The number of hydrogen-bond acceptors (Lipinski definition) is 8. The molecule has 1 heterocycles. The van der Waals surface area contributed by atoms with Gasteiger partial charge in [-0.05, 0) is 68.3 Å². The summed E-state index contributed by atoms with van der Waals surface area (Å²) in [4.78, 5) is 35.6. The number of nitrogens with zero attached hydrogens (tertiary/aromatic N) is 4. The molecule has 0 aliphatic carbocycles. The van der Waals surface area contributed by atoms with E-state index in [1.807, 2.05) is 78.5 Å². The lowest BCUT2D eigenvalue weighted by atomic mass is 10.1. The van der Waals surface area contributed by atoms with Gasteiger partial charge in [-0.25, -0.2) is 4.99 Å². The number of aliphatic hydroxyl groups is 2. The zero-order valence-electron chi connectivity index (χ0n) is 23.3. The molecule has 0 unspecified atom stereocenters. The monoisotopic (exact) mass is 534 g/mol. The normalized spacial score (nSPS) is 14.7. The van der Waals surface area contributed by atoms with Crippen molar-refractivity contribution in [3.05, 3.63) is 71.4 Å². The number of aliphatic hydroxyl groups excluding tert-OH is 2. The number of carbonyl (C=O) groups is 2. The molecule has 1 aliphatic rings. The van der Waals surface area contributed by atoms with E-state index in [-0.39, 0.29) is 31.4 Å². The molecule has 1 amide bonds. The molecule has 3 rings (SSSR count). The Hall–Kier alpha value is -3.95. The minimum Gasteiger partial charge on any atom is -0.459 e. The molecule has 0 saturated heterocycles. The van der Waals surface area contributed by atoms with Crippen LogP contribution in [0.1, 0.15) is 31.9 Å². The van der Waals surface area contributed by atoms with Crippen LogP contribution >= 0.6 is 0 Å². The van der Waals surface area contributed by atoms with Gasteiger partial charge in [0.25, 0.3) is 5.91 Å². The number of aliphatic imine (C=N–C) groups is 1. The Balaban J connectivity index is 1.87. The van der Waals surface area contributed by atoms with Crippen molar-refractivity contribution in [3.8, 4) is 0 Å². The third kappa shape index (κ3) is 8.53. The minimum atomic E-state index is -0.679. The van der Waals surface area contributed by atoms with E-state index in [1.165, 1.54) is 4.90 Å². The molecule has 2 N–H and O–H groups in total. The standard InChI is InChI=1S/C30H38N4O5/c1-30(2,3)39-28(37)21-34-27(15-10-22-6-13-25(14-7-22)33(16-18-35)17-19-36)31-26(29(34)38)20-23-8-11-24(12-9-23)32(4)5/h6-15,20,35-36H,16-19,21H2,1-5H3/b15-10+,26-20+. The summed E-state index contributed by atoms with van der Waals surface area (Å²) in [7, 11) is 3.92. The number of benzene rings is 2. The highest BCUT2D eigenvalue weighted by atomic mass is 16.6. The van der Waals surface area contributed by atoms with E-state index >= 15 is 0 Å². The molecule has 208 valence electrons. The summed E-state index contributed by atoms with van der Waals surface area (Å²) in [6.07, 6.45) is 5.22. The summed E-state index contributed by atoms with van der Waals surface area (Å²) >= 11 is 0. The van der Waals surface area contributed by atoms with Crippen LogP contribution in [0, 0.1) is 0 Å². The third-order valence-corrected chi connectivity index (χ3v) is 5.82. The summed E-state index contributed by atoms with van der Waals surface area (Å²) < 4.78 is 5.45. The first-order valence-electron chi connectivity index (χ1n) is 12.9. The van der Waals surface area contributed by atoms with Crippen molar-refractivity contribution in [1.29, 1.82) is 0 Å². The van der Waals surface area contributed by atoms with Gasteiger partial charge in [0.2, 0.25) is 0 Å². The Morgan fingerprint density at radius 3 is 2.03 bits per heavy atom. The maximum atomic E-state index is 13.3. The van der Waals surface area contributed by atoms with Crippen molar-refractivity contribution in [2.75, 3.05) is 56.7 Å². The number of anilines is 2. The second-order valence-electron chi connectivity index (χ2n) is 10.3. The summed E-state index contributed by atoms with van der Waals surface area (Å²) in [6, 6.07) is 15.3. The van der Waals surface area contributed by atoms with E-state index in [0.29, 0.717) is 18.9 Å². The maximum absolute atomic E-state index is 13.3. The molecule has 2 aromatic carbocycles. The van der Waals surface area contributed by atoms with Gasteiger partial charge in [0, 0.05) is 38.6 Å². The molecule has 0 spiro atoms. The van der Waals surface area contributed by atoms with Gasteiger partial charge in [-0.15, -0.1) is 0 Å². The van der Waals surface area contributed by atoms with Gasteiger partial charge in [0.1, 0.15) is 23.7 Å². The van der Waals surface area contributed by atoms with E-state index in [2.05, 4.69) is 4.99 Å². The molecular weight excluding hydrogens is 496 g/mol. The van der Waals surface area contributed by atoms with Crippen molar-refractivity contribution in [2.24, 2.45) is 4.99 Å². The third-order valence-electron chi connectivity index (χ3n) is 5.82. The number of esters is 1. The lowest BCUT2D eigenvalue weighted by Crippen LogP contribution is -2.39. The van der Waals surface area contributed by atoms with E-state index in [9.17, 15) is 19.8 Å². The van der Waals surface area contributed by atoms with Crippen molar-refractivity contribution in [3.63, 3.8) is 0 Å². The molecule has 9 heteroatoms. The number of ether oxygens (including phenoxy) is 1. The predicted octanol–water partition coefficient (Wildman–Crippen LogP) is 3.18. The molecule has 39 heavy (non-hydrogen) atoms. The van der Waals surface area contributed by atoms with Gasteiger partial charge in [0.15, 0.2) is 0 Å². The van der Waals surface area contributed by atoms with Crippen molar-refractivity contribution in [2.45, 2.75) is 26.4 Å². The van der Waals surface area contributed by atoms with Crippen LogP contribution in [0.5, 0.6) is 0 Å². The topological polar surface area (TPSA) is 106 Å². The maximum Gasteiger partial charge on any atom is 0.326 e. The fourth-order valence-corrected chi connectivity index (χ4v) is 3.96. The van der Waals surface area contributed by atoms with Crippen LogP contribution in [-0.2, 0) is 14.3 Å². The summed E-state index contributed by atoms with van der Waals surface area (Å²) in [6.45, 7) is 5.88. The Morgan fingerprint density at radius 2 is 1.49 bits per heavy atom. The molecule has 1 aliphatic heterocycles. The largest absolute Gasteiger partial charge is 0.459 e. The van der Waals surface area contributed by atoms with Gasteiger partial charge >= 0.3 is 5.97 Å². The number of amidine groups is 1. The van der Waals surface area contributed by atoms with Crippen LogP contribution < -0.4 is 9.80 Å². The smallest absolute Gasteiger partial charge is 0.326 e. The molecule has 0 fully saturated rings. The number of hydrogen-bond donors (Lipinski definition) is 2. The van der Waals surface area contributed by atoms with Gasteiger partial charge < -0.3 is 24.7 Å². The first kappa shape index (κ1) is 29.6. The van der Waals surface area contributed by atoms with Crippen molar-refractivity contribution in [1.82, 2.24) is 4.90 Å². The van der Waals surface area contributed by atoms with Crippen LogP contribution in [0.4, 0.5) is 11.4 Å². The number of carbonyl (C=O) groups excluding carboxylic acids is 2. The molecule has 2 aromatic rings. The van der Waals surface area contributed by atoms with Crippen LogP contribution in [-0.4, -0.2) is 85.4 Å². The molecule has 0 saturated carbocycles. The van der Waals surface area contributed by atoms with Gasteiger partial charge in [-0.1, -0.05) is 30.3 Å². The predicted molar refractivity (Wildman–Crippen MR) is 156 cm³/mol. The quantitative estimate of drug-likeness (QED) is 0.337. The van der Waals surface area contributed by atoms with Crippen LogP contribution in [0.3, 0.4) is 0 Å². The number of amides is 1. The SMILES string of the molecule is CN(C)c1ccc(/C=C2N=C(/C=C/c3ccc(N(CCO)CCO)cc3)N(CC(=O)OC(C)(C)C)C/2=O)cc1. The van der Waals surface area contributed by atoms with E-state index in [0.717, 1.165) is 22.5 Å². The first-order valence-corrected chi connectivity index (χ1v) is 12.9. The van der Waals surface area contributed by atoms with Crippen molar-refractivity contribution < 1.29 is 24.5 Å². The van der Waals surface area contributed by atoms with E-state index in [1.54, 1.807) is 32.9 Å². The van der Waals surface area contributed by atoms with Crippen LogP contribution in [0.2, 0.25) is 0 Å². The molecule has 0 atom stereocenters. The summed E-state index contributed by atoms with van der Waals surface area (Å²) in [5, 5.41) is 18.6. The summed E-state index contributed by atoms with van der Waals surface area (Å²) in [5.74, 6) is -0.560. The average Bonchev–Trinajstić information content (AvgIpc) is 3.16. The molecule has 0 bridgehead atoms. The van der Waals surface area contributed by atoms with Gasteiger partial charge in [-0.3, -0.25) is 14.5 Å². The molecule has 0 aromatic heterocycles. The summed E-state index contributed by atoms with van der Waals surface area (Å²) in [5.41, 5.74) is 3.14. The van der Waals surface area contributed by atoms with E-state index in [4.69, 9.17) is 4.74 Å². The minimum absolute atomic E-state index is 0.0152. The molecular formula is C30H38N4O5. The van der Waals surface area contributed by atoms with E-state index < -0.39 is 11.6 Å². The molecule has 0 radical (unpaired) electrons. The van der Waals surface area contributed by atoms with Crippen LogP contribution in [0.25, 0.3) is 12.2 Å². The van der Waals surface area contributed by atoms with Gasteiger partial charge in [0.05, 0.1) is 13.2 Å². The highest BCUT2D eigenvalue weighted by molar-refractivity contribution is 6.19. The second kappa shape index (κ2) is 13.2. The van der Waals surface area contributed by atoms with Gasteiger partial charge in [-0.2, -0.15) is 0 Å². The van der Waals surface area contributed by atoms with Crippen molar-refractivity contribution >= 4 is 41.2 Å². The highest BCUT2D eigenvalue weighted by Crippen LogP contribution is 2.22. The number of rotatable bonds is 11.